The van der Waals surface area contributed by atoms with Crippen LogP contribution in [0.3, 0.4) is 0 Å². The Kier molecular flexibility index (Phi) is 8.72. The summed E-state index contributed by atoms with van der Waals surface area (Å²) in [4.78, 5) is 27.6. The van der Waals surface area contributed by atoms with Crippen LogP contribution in [0.2, 0.25) is 0 Å². The maximum atomic E-state index is 13.1. The van der Waals surface area contributed by atoms with Crippen molar-refractivity contribution >= 4 is 39.4 Å². The van der Waals surface area contributed by atoms with Crippen LogP contribution < -0.4 is 10.6 Å². The van der Waals surface area contributed by atoms with E-state index in [1.807, 2.05) is 61.5 Å². The quantitative estimate of drug-likeness (QED) is 0.342. The van der Waals surface area contributed by atoms with Gasteiger partial charge in [-0.05, 0) is 49.2 Å². The second-order valence-electron chi connectivity index (χ2n) is 9.62. The fourth-order valence-corrected chi connectivity index (χ4v) is 3.78. The van der Waals surface area contributed by atoms with Gasteiger partial charge in [-0.3, -0.25) is 4.79 Å². The molecule has 0 aliphatic heterocycles. The molecule has 0 saturated heterocycles. The number of aromatic nitrogens is 2. The van der Waals surface area contributed by atoms with E-state index in [2.05, 4.69) is 54.3 Å². The number of aryl methyl sites for hydroxylation is 1. The van der Waals surface area contributed by atoms with Crippen LogP contribution in [-0.4, -0.2) is 39.7 Å². The number of halogens is 1. The first-order chi connectivity index (χ1) is 16.6. The van der Waals surface area contributed by atoms with E-state index in [4.69, 9.17) is 5.10 Å². The number of unbranched alkanes of at least 4 members (excludes halogenated alkanes) is 1. The first-order valence-electron chi connectivity index (χ1n) is 11.9. The smallest absolute Gasteiger partial charge is 0.315 e. The van der Waals surface area contributed by atoms with Crippen molar-refractivity contribution in [3.63, 3.8) is 0 Å². The number of carbonyl (C=O) groups is 2. The van der Waals surface area contributed by atoms with E-state index in [-0.39, 0.29) is 23.9 Å². The van der Waals surface area contributed by atoms with Gasteiger partial charge in [-0.25, -0.2) is 9.48 Å². The lowest BCUT2D eigenvalue weighted by Gasteiger charge is -2.22. The Balaban J connectivity index is 1.81. The second kappa shape index (κ2) is 11.5. The first-order valence-corrected chi connectivity index (χ1v) is 12.7. The van der Waals surface area contributed by atoms with Crippen molar-refractivity contribution < 1.29 is 9.59 Å². The average Bonchev–Trinajstić information content (AvgIpc) is 3.22. The third kappa shape index (κ3) is 7.18. The van der Waals surface area contributed by atoms with Crippen molar-refractivity contribution in [2.45, 2.75) is 52.9 Å². The second-order valence-corrected chi connectivity index (χ2v) is 10.5. The predicted molar refractivity (Wildman–Crippen MR) is 145 cm³/mol. The molecule has 0 radical (unpaired) electrons. The van der Waals surface area contributed by atoms with Crippen LogP contribution in [-0.2, 0) is 10.2 Å². The largest absolute Gasteiger partial charge is 0.322 e. The summed E-state index contributed by atoms with van der Waals surface area (Å²) in [5.41, 5.74) is 3.30. The topological polar surface area (TPSA) is 79.3 Å². The molecule has 3 aromatic rings. The van der Waals surface area contributed by atoms with Gasteiger partial charge in [-0.15, -0.1) is 0 Å². The number of hydrogen-bond donors (Lipinski definition) is 2. The van der Waals surface area contributed by atoms with Gasteiger partial charge in [-0.2, -0.15) is 5.10 Å². The fraction of sp³-hybridized carbons (Fsp3) is 0.370. The third-order valence-electron chi connectivity index (χ3n) is 5.59. The van der Waals surface area contributed by atoms with Crippen molar-refractivity contribution in [1.29, 1.82) is 0 Å². The van der Waals surface area contributed by atoms with Crippen molar-refractivity contribution in [2.24, 2.45) is 0 Å². The molecule has 3 rings (SSSR count). The molecule has 1 heterocycles. The molecule has 186 valence electrons. The molecule has 8 heteroatoms. The fourth-order valence-electron chi connectivity index (χ4n) is 3.51. The SMILES string of the molecule is CCCCN(CC(=O)Nc1cc(C(C)(C)C)nn1-c1ccccc1C)C(=O)Nc1ccc(Br)cc1. The molecule has 0 spiro atoms. The number of rotatable bonds is 8. The number of benzene rings is 2. The number of para-hydroxylation sites is 1. The van der Waals surface area contributed by atoms with Crippen LogP contribution in [0.25, 0.3) is 5.69 Å². The van der Waals surface area contributed by atoms with E-state index in [0.717, 1.165) is 34.3 Å². The zero-order valence-electron chi connectivity index (χ0n) is 21.1. The number of carbonyl (C=O) groups excluding carboxylic acids is 2. The molecule has 2 aromatic carbocycles. The van der Waals surface area contributed by atoms with Crippen molar-refractivity contribution in [2.75, 3.05) is 23.7 Å². The van der Waals surface area contributed by atoms with Gasteiger partial charge in [-0.1, -0.05) is 68.2 Å². The van der Waals surface area contributed by atoms with Crippen LogP contribution in [0.5, 0.6) is 0 Å². The monoisotopic (exact) mass is 539 g/mol. The van der Waals surface area contributed by atoms with E-state index in [1.54, 1.807) is 9.58 Å². The Morgan fingerprint density at radius 2 is 1.74 bits per heavy atom. The van der Waals surface area contributed by atoms with Crippen molar-refractivity contribution in [1.82, 2.24) is 14.7 Å². The number of nitrogens with one attached hydrogen (secondary N) is 2. The summed E-state index contributed by atoms with van der Waals surface area (Å²) in [7, 11) is 0. The molecule has 0 aliphatic rings. The zero-order valence-corrected chi connectivity index (χ0v) is 22.6. The van der Waals surface area contributed by atoms with Gasteiger partial charge in [0.05, 0.1) is 11.4 Å². The van der Waals surface area contributed by atoms with Gasteiger partial charge in [0.1, 0.15) is 12.4 Å². The number of nitrogens with zero attached hydrogens (tertiary/aromatic N) is 3. The molecular weight excluding hydrogens is 506 g/mol. The minimum absolute atomic E-state index is 0.0633. The van der Waals surface area contributed by atoms with Crippen LogP contribution in [0.15, 0.2) is 59.1 Å². The lowest BCUT2D eigenvalue weighted by atomic mass is 9.92. The van der Waals surface area contributed by atoms with Crippen LogP contribution in [0.1, 0.15) is 51.8 Å². The van der Waals surface area contributed by atoms with E-state index in [9.17, 15) is 9.59 Å². The first kappa shape index (κ1) is 26.5. The lowest BCUT2D eigenvalue weighted by molar-refractivity contribution is -0.116. The summed E-state index contributed by atoms with van der Waals surface area (Å²) in [5.74, 6) is 0.306. The van der Waals surface area contributed by atoms with Crippen LogP contribution >= 0.6 is 15.9 Å². The summed E-state index contributed by atoms with van der Waals surface area (Å²) in [6, 6.07) is 16.9. The number of urea groups is 1. The summed E-state index contributed by atoms with van der Waals surface area (Å²) in [5, 5.41) is 10.7. The molecule has 0 saturated carbocycles. The average molecular weight is 541 g/mol. The van der Waals surface area contributed by atoms with Crippen LogP contribution in [0, 0.1) is 6.92 Å². The van der Waals surface area contributed by atoms with Gasteiger partial charge in [0.15, 0.2) is 0 Å². The minimum Gasteiger partial charge on any atom is -0.315 e. The number of anilines is 2. The van der Waals surface area contributed by atoms with Crippen LogP contribution in [0.4, 0.5) is 16.3 Å². The number of amides is 3. The van der Waals surface area contributed by atoms with Gasteiger partial charge in [0.2, 0.25) is 5.91 Å². The highest BCUT2D eigenvalue weighted by Gasteiger charge is 2.23. The van der Waals surface area contributed by atoms with E-state index in [1.165, 1.54) is 0 Å². The summed E-state index contributed by atoms with van der Waals surface area (Å²) >= 11 is 3.40. The Morgan fingerprint density at radius 1 is 1.06 bits per heavy atom. The molecule has 1 aromatic heterocycles. The Labute approximate surface area is 216 Å². The van der Waals surface area contributed by atoms with Gasteiger partial charge >= 0.3 is 6.03 Å². The zero-order chi connectivity index (χ0) is 25.6. The maximum absolute atomic E-state index is 13.1. The molecule has 0 atom stereocenters. The highest BCUT2D eigenvalue weighted by molar-refractivity contribution is 9.10. The number of hydrogen-bond acceptors (Lipinski definition) is 3. The summed E-state index contributed by atoms with van der Waals surface area (Å²) in [6.45, 7) is 10.7. The van der Waals surface area contributed by atoms with E-state index < -0.39 is 0 Å². The molecule has 0 aliphatic carbocycles. The molecule has 0 bridgehead atoms. The highest BCUT2D eigenvalue weighted by Crippen LogP contribution is 2.27. The van der Waals surface area contributed by atoms with Gasteiger partial charge in [0.25, 0.3) is 0 Å². The van der Waals surface area contributed by atoms with E-state index >= 15 is 0 Å². The standard InChI is InChI=1S/C27H34BrN5O2/c1-6-7-16-32(26(35)29-21-14-12-20(28)13-15-21)18-25(34)30-24-17-23(27(3,4)5)31-33(24)22-11-9-8-10-19(22)2/h8-15,17H,6-7,16,18H2,1-5H3,(H,29,35)(H,30,34). The molecular formula is C27H34BrN5O2. The normalized spacial score (nSPS) is 11.3. The maximum Gasteiger partial charge on any atom is 0.322 e. The Hall–Kier alpha value is -3.13. The molecule has 3 amide bonds. The minimum atomic E-state index is -0.307. The molecule has 35 heavy (non-hydrogen) atoms. The predicted octanol–water partition coefficient (Wildman–Crippen LogP) is 6.51. The summed E-state index contributed by atoms with van der Waals surface area (Å²) < 4.78 is 2.70. The molecule has 7 nitrogen and oxygen atoms in total. The van der Waals surface area contributed by atoms with Gasteiger partial charge < -0.3 is 15.5 Å². The molecule has 0 unspecified atom stereocenters. The lowest BCUT2D eigenvalue weighted by Crippen LogP contribution is -2.41. The highest BCUT2D eigenvalue weighted by atomic mass is 79.9. The Morgan fingerprint density at radius 3 is 2.37 bits per heavy atom. The third-order valence-corrected chi connectivity index (χ3v) is 6.12. The Bertz CT molecular complexity index is 1170. The van der Waals surface area contributed by atoms with Gasteiger partial charge in [0, 0.05) is 28.2 Å². The molecule has 2 N–H and O–H groups in total. The summed E-state index contributed by atoms with van der Waals surface area (Å²) in [6.07, 6.45) is 1.72. The van der Waals surface area contributed by atoms with Crippen molar-refractivity contribution in [3.05, 3.63) is 70.3 Å². The van der Waals surface area contributed by atoms with E-state index in [0.29, 0.717) is 18.1 Å². The van der Waals surface area contributed by atoms with Crippen molar-refractivity contribution in [3.8, 4) is 5.69 Å². The molecule has 0 fully saturated rings.